The van der Waals surface area contributed by atoms with Gasteiger partial charge in [0.25, 0.3) is 0 Å². The summed E-state index contributed by atoms with van der Waals surface area (Å²) < 4.78 is 0. The lowest BCUT2D eigenvalue weighted by Gasteiger charge is -2.08. The molecule has 0 atom stereocenters. The fraction of sp³-hybridized carbons (Fsp3) is 0.133. The van der Waals surface area contributed by atoms with Crippen molar-refractivity contribution >= 4 is 46.4 Å². The first-order chi connectivity index (χ1) is 9.58. The number of halogens is 3. The van der Waals surface area contributed by atoms with Crippen molar-refractivity contribution in [1.29, 1.82) is 0 Å². The van der Waals surface area contributed by atoms with E-state index >= 15 is 0 Å². The number of carbonyl (C=O) groups is 1. The van der Waals surface area contributed by atoms with Crippen LogP contribution in [0.3, 0.4) is 0 Å². The molecule has 1 amide bonds. The van der Waals surface area contributed by atoms with Crippen molar-refractivity contribution in [2.75, 3.05) is 5.32 Å². The molecule has 1 N–H and O–H groups in total. The summed E-state index contributed by atoms with van der Waals surface area (Å²) in [5.74, 6) is -0.130. The summed E-state index contributed by atoms with van der Waals surface area (Å²) in [5.41, 5.74) is 1.38. The second-order valence-electron chi connectivity index (χ2n) is 4.23. The number of hydrogen-bond donors (Lipinski definition) is 1. The first kappa shape index (κ1) is 15.2. The van der Waals surface area contributed by atoms with Crippen LogP contribution in [-0.2, 0) is 11.2 Å². The maximum absolute atomic E-state index is 11.9. The molecule has 0 radical (unpaired) electrons. The highest BCUT2D eigenvalue weighted by atomic mass is 35.5. The van der Waals surface area contributed by atoms with Crippen LogP contribution in [0.4, 0.5) is 5.69 Å². The van der Waals surface area contributed by atoms with Crippen molar-refractivity contribution in [3.8, 4) is 0 Å². The molecule has 20 heavy (non-hydrogen) atoms. The molecule has 0 aliphatic carbocycles. The third-order valence-electron chi connectivity index (χ3n) is 2.81. The van der Waals surface area contributed by atoms with Crippen LogP contribution in [0.5, 0.6) is 0 Å². The monoisotopic (exact) mass is 327 g/mol. The summed E-state index contributed by atoms with van der Waals surface area (Å²) >= 11 is 18.1. The smallest absolute Gasteiger partial charge is 0.224 e. The molecule has 0 unspecified atom stereocenters. The second kappa shape index (κ2) is 6.98. The van der Waals surface area contributed by atoms with Gasteiger partial charge >= 0.3 is 0 Å². The van der Waals surface area contributed by atoms with E-state index in [0.29, 0.717) is 27.2 Å². The maximum Gasteiger partial charge on any atom is 0.224 e. The molecular weight excluding hydrogens is 317 g/mol. The van der Waals surface area contributed by atoms with E-state index in [9.17, 15) is 4.79 Å². The predicted molar refractivity (Wildman–Crippen MR) is 84.9 cm³/mol. The summed E-state index contributed by atoms with van der Waals surface area (Å²) in [6.45, 7) is 0. The number of nitrogens with one attached hydrogen (secondary N) is 1. The van der Waals surface area contributed by atoms with Crippen LogP contribution in [0.25, 0.3) is 0 Å². The molecule has 0 fully saturated rings. The van der Waals surface area contributed by atoms with Gasteiger partial charge in [0, 0.05) is 16.5 Å². The minimum Gasteiger partial charge on any atom is -0.325 e. The van der Waals surface area contributed by atoms with Crippen molar-refractivity contribution in [1.82, 2.24) is 0 Å². The number of hydrogen-bond acceptors (Lipinski definition) is 1. The largest absolute Gasteiger partial charge is 0.325 e. The van der Waals surface area contributed by atoms with Gasteiger partial charge in [-0.1, -0.05) is 53.0 Å². The van der Waals surface area contributed by atoms with Crippen molar-refractivity contribution < 1.29 is 4.79 Å². The summed E-state index contributed by atoms with van der Waals surface area (Å²) in [6.07, 6.45) is 0.767. The Morgan fingerprint density at radius 2 is 1.50 bits per heavy atom. The standard InChI is InChI=1S/C15H12Cl3NO/c16-11-5-3-6-12(17)10(11)8-9-15(20)19-14-7-2-1-4-13(14)18/h1-7H,8-9H2,(H,19,20). The van der Waals surface area contributed by atoms with Gasteiger partial charge in [-0.3, -0.25) is 4.79 Å². The molecule has 0 aromatic heterocycles. The van der Waals surface area contributed by atoms with E-state index in [4.69, 9.17) is 34.8 Å². The lowest BCUT2D eigenvalue weighted by molar-refractivity contribution is -0.116. The molecule has 0 saturated carbocycles. The van der Waals surface area contributed by atoms with Gasteiger partial charge in [-0.05, 0) is 36.2 Å². The van der Waals surface area contributed by atoms with Crippen LogP contribution >= 0.6 is 34.8 Å². The first-order valence-electron chi connectivity index (χ1n) is 6.05. The van der Waals surface area contributed by atoms with Crippen LogP contribution in [-0.4, -0.2) is 5.91 Å². The van der Waals surface area contributed by atoms with Crippen LogP contribution in [0, 0.1) is 0 Å². The maximum atomic E-state index is 11.9. The topological polar surface area (TPSA) is 29.1 Å². The zero-order valence-corrected chi connectivity index (χ0v) is 12.8. The molecule has 5 heteroatoms. The van der Waals surface area contributed by atoms with E-state index in [1.165, 1.54) is 0 Å². The van der Waals surface area contributed by atoms with E-state index in [1.807, 2.05) is 12.1 Å². The predicted octanol–water partition coefficient (Wildman–Crippen LogP) is 5.22. The van der Waals surface area contributed by atoms with Gasteiger partial charge in [0.05, 0.1) is 10.7 Å². The molecule has 2 rings (SSSR count). The Morgan fingerprint density at radius 3 is 2.15 bits per heavy atom. The van der Waals surface area contributed by atoms with Gasteiger partial charge in [0.1, 0.15) is 0 Å². The minimum atomic E-state index is -0.130. The number of rotatable bonds is 4. The lowest BCUT2D eigenvalue weighted by atomic mass is 10.1. The molecule has 0 saturated heterocycles. The normalized spacial score (nSPS) is 10.3. The van der Waals surface area contributed by atoms with Crippen molar-refractivity contribution in [3.63, 3.8) is 0 Å². The molecule has 0 bridgehead atoms. The van der Waals surface area contributed by atoms with Crippen LogP contribution in [0.15, 0.2) is 42.5 Å². The number of para-hydroxylation sites is 1. The number of carbonyl (C=O) groups excluding carboxylic acids is 1. The minimum absolute atomic E-state index is 0.130. The van der Waals surface area contributed by atoms with Gasteiger partial charge in [0.2, 0.25) is 5.91 Å². The number of amides is 1. The Balaban J connectivity index is 1.98. The molecule has 104 valence electrons. The zero-order valence-electron chi connectivity index (χ0n) is 10.5. The third-order valence-corrected chi connectivity index (χ3v) is 3.85. The fourth-order valence-corrected chi connectivity index (χ4v) is 2.55. The van der Waals surface area contributed by atoms with E-state index in [1.54, 1.807) is 30.3 Å². The van der Waals surface area contributed by atoms with Crippen molar-refractivity contribution in [3.05, 3.63) is 63.1 Å². The van der Waals surface area contributed by atoms with E-state index in [-0.39, 0.29) is 12.3 Å². The molecule has 0 heterocycles. The Labute approximate surface area is 132 Å². The van der Waals surface area contributed by atoms with E-state index in [2.05, 4.69) is 5.32 Å². The lowest BCUT2D eigenvalue weighted by Crippen LogP contribution is -2.12. The van der Waals surface area contributed by atoms with E-state index in [0.717, 1.165) is 5.56 Å². The SMILES string of the molecule is O=C(CCc1c(Cl)cccc1Cl)Nc1ccccc1Cl. The summed E-state index contributed by atoms with van der Waals surface area (Å²) in [4.78, 5) is 11.9. The fourth-order valence-electron chi connectivity index (χ4n) is 1.78. The Kier molecular flexibility index (Phi) is 5.30. The average molecular weight is 329 g/mol. The van der Waals surface area contributed by atoms with Gasteiger partial charge < -0.3 is 5.32 Å². The molecule has 2 nitrogen and oxygen atoms in total. The zero-order chi connectivity index (χ0) is 14.5. The highest BCUT2D eigenvalue weighted by Crippen LogP contribution is 2.26. The molecule has 0 spiro atoms. The highest BCUT2D eigenvalue weighted by Gasteiger charge is 2.09. The average Bonchev–Trinajstić information content (AvgIpc) is 2.41. The van der Waals surface area contributed by atoms with Crippen LogP contribution < -0.4 is 5.32 Å². The molecule has 0 aliphatic rings. The molecule has 2 aromatic carbocycles. The van der Waals surface area contributed by atoms with Crippen LogP contribution in [0.1, 0.15) is 12.0 Å². The second-order valence-corrected chi connectivity index (χ2v) is 5.45. The van der Waals surface area contributed by atoms with Gasteiger partial charge in [0.15, 0.2) is 0 Å². The Hall–Kier alpha value is -1.22. The van der Waals surface area contributed by atoms with Gasteiger partial charge in [-0.25, -0.2) is 0 Å². The Morgan fingerprint density at radius 1 is 0.900 bits per heavy atom. The van der Waals surface area contributed by atoms with E-state index < -0.39 is 0 Å². The highest BCUT2D eigenvalue weighted by molar-refractivity contribution is 6.36. The number of benzene rings is 2. The van der Waals surface area contributed by atoms with Crippen molar-refractivity contribution in [2.45, 2.75) is 12.8 Å². The summed E-state index contributed by atoms with van der Waals surface area (Å²) in [6, 6.07) is 12.4. The van der Waals surface area contributed by atoms with Crippen LogP contribution in [0.2, 0.25) is 15.1 Å². The summed E-state index contributed by atoms with van der Waals surface area (Å²) in [5, 5.41) is 4.42. The van der Waals surface area contributed by atoms with Gasteiger partial charge in [-0.15, -0.1) is 0 Å². The first-order valence-corrected chi connectivity index (χ1v) is 7.18. The number of anilines is 1. The molecule has 2 aromatic rings. The quantitative estimate of drug-likeness (QED) is 0.819. The third kappa shape index (κ3) is 3.89. The Bertz CT molecular complexity index is 608. The molecule has 0 aliphatic heterocycles. The molecular formula is C15H12Cl3NO. The summed E-state index contributed by atoms with van der Waals surface area (Å²) in [7, 11) is 0. The van der Waals surface area contributed by atoms with Crippen molar-refractivity contribution in [2.24, 2.45) is 0 Å². The van der Waals surface area contributed by atoms with Gasteiger partial charge in [-0.2, -0.15) is 0 Å².